The zero-order chi connectivity index (χ0) is 8.60. The molecule has 0 amide bonds. The van der Waals surface area contributed by atoms with Gasteiger partial charge in [0.2, 0.25) is 10.0 Å². The lowest BCUT2D eigenvalue weighted by Crippen LogP contribution is -2.38. The summed E-state index contributed by atoms with van der Waals surface area (Å²) < 4.78 is 30.5. The number of hydrogen-bond donors (Lipinski definition) is 1. The molecule has 0 bridgehead atoms. The summed E-state index contributed by atoms with van der Waals surface area (Å²) in [5.74, 6) is 0.111. The highest BCUT2D eigenvalue weighted by molar-refractivity contribution is 7.89. The Balaban J connectivity index is 2.15. The summed E-state index contributed by atoms with van der Waals surface area (Å²) in [4.78, 5) is 0. The summed E-state index contributed by atoms with van der Waals surface area (Å²) in [6, 6.07) is 0.0394. The highest BCUT2D eigenvalue weighted by Gasteiger charge is 2.33. The van der Waals surface area contributed by atoms with E-state index in [-0.39, 0.29) is 17.9 Å². The van der Waals surface area contributed by atoms with Crippen molar-refractivity contribution in [3.05, 3.63) is 0 Å². The monoisotopic (exact) mass is 191 g/mol. The van der Waals surface area contributed by atoms with Crippen molar-refractivity contribution in [1.29, 1.82) is 0 Å². The van der Waals surface area contributed by atoms with Crippen LogP contribution < -0.4 is 4.72 Å². The maximum absolute atomic E-state index is 11.2. The van der Waals surface area contributed by atoms with Crippen LogP contribution in [-0.2, 0) is 14.8 Å². The average molecular weight is 191 g/mol. The first kappa shape index (κ1) is 8.47. The summed E-state index contributed by atoms with van der Waals surface area (Å²) in [7, 11) is -3.05. The van der Waals surface area contributed by atoms with Gasteiger partial charge in [-0.2, -0.15) is 0 Å². The Kier molecular flexibility index (Phi) is 2.10. The highest BCUT2D eigenvalue weighted by Crippen LogP contribution is 2.24. The van der Waals surface area contributed by atoms with Crippen LogP contribution in [0.15, 0.2) is 0 Å². The van der Waals surface area contributed by atoms with E-state index in [1.165, 1.54) is 0 Å². The zero-order valence-electron chi connectivity index (χ0n) is 6.82. The van der Waals surface area contributed by atoms with Crippen LogP contribution in [0.5, 0.6) is 0 Å². The minimum Gasteiger partial charge on any atom is -0.375 e. The van der Waals surface area contributed by atoms with Crippen molar-refractivity contribution >= 4 is 10.0 Å². The quantitative estimate of drug-likeness (QED) is 0.579. The predicted octanol–water partition coefficient (Wildman–Crippen LogP) is -0.143. The van der Waals surface area contributed by atoms with Crippen LogP contribution in [0.1, 0.15) is 19.3 Å². The van der Waals surface area contributed by atoms with Crippen LogP contribution in [0.4, 0.5) is 0 Å². The van der Waals surface area contributed by atoms with E-state index in [0.717, 1.165) is 19.3 Å². The standard InChI is InChI=1S/C7H13NO3S/c9-12(10)5-4-11-7-3-1-2-6(7)8-12/h6-8H,1-5H2. The van der Waals surface area contributed by atoms with Crippen LogP contribution in [0.25, 0.3) is 0 Å². The van der Waals surface area contributed by atoms with E-state index in [4.69, 9.17) is 4.74 Å². The van der Waals surface area contributed by atoms with Gasteiger partial charge in [-0.05, 0) is 19.3 Å². The Bertz CT molecular complexity index is 262. The molecule has 70 valence electrons. The Morgan fingerprint density at radius 2 is 2.17 bits per heavy atom. The summed E-state index contributed by atoms with van der Waals surface area (Å²) in [6.45, 7) is 0.344. The zero-order valence-corrected chi connectivity index (χ0v) is 7.64. The lowest BCUT2D eigenvalue weighted by atomic mass is 10.2. The van der Waals surface area contributed by atoms with Crippen molar-refractivity contribution in [3.63, 3.8) is 0 Å². The molecule has 1 saturated heterocycles. The normalized spacial score (nSPS) is 40.3. The van der Waals surface area contributed by atoms with Gasteiger partial charge in [0.25, 0.3) is 0 Å². The Morgan fingerprint density at radius 1 is 1.33 bits per heavy atom. The minimum absolute atomic E-state index is 0.0394. The fourth-order valence-corrected chi connectivity index (χ4v) is 3.02. The number of ether oxygens (including phenoxy) is 1. The first-order valence-electron chi connectivity index (χ1n) is 4.29. The van der Waals surface area contributed by atoms with Crippen molar-refractivity contribution in [2.24, 2.45) is 0 Å². The van der Waals surface area contributed by atoms with Gasteiger partial charge in [0.05, 0.1) is 18.5 Å². The van der Waals surface area contributed by atoms with Gasteiger partial charge in [0, 0.05) is 6.04 Å². The lowest BCUT2D eigenvalue weighted by Gasteiger charge is -2.15. The molecule has 2 aliphatic rings. The highest BCUT2D eigenvalue weighted by atomic mass is 32.2. The molecule has 5 heteroatoms. The molecule has 2 unspecified atom stereocenters. The average Bonchev–Trinajstić information content (AvgIpc) is 2.31. The van der Waals surface area contributed by atoms with Crippen LogP contribution >= 0.6 is 0 Å². The molecule has 1 N–H and O–H groups in total. The Labute approximate surface area is 72.3 Å². The SMILES string of the molecule is O=S1(=O)CCOC2CCCC2N1. The largest absolute Gasteiger partial charge is 0.375 e. The first-order valence-corrected chi connectivity index (χ1v) is 5.94. The number of rotatable bonds is 0. The fraction of sp³-hybridized carbons (Fsp3) is 1.00. The molecule has 0 spiro atoms. The molecular formula is C7H13NO3S. The number of fused-ring (bicyclic) bond motifs is 1. The third-order valence-electron chi connectivity index (χ3n) is 2.47. The third kappa shape index (κ3) is 1.62. The van der Waals surface area contributed by atoms with E-state index in [0.29, 0.717) is 6.61 Å². The number of sulfonamides is 1. The first-order chi connectivity index (χ1) is 5.67. The molecule has 0 aromatic rings. The molecule has 2 fully saturated rings. The van der Waals surface area contributed by atoms with Gasteiger partial charge < -0.3 is 4.74 Å². The van der Waals surface area contributed by atoms with Crippen LogP contribution in [-0.4, -0.2) is 32.9 Å². The second-order valence-corrected chi connectivity index (χ2v) is 5.26. The predicted molar refractivity (Wildman–Crippen MR) is 44.3 cm³/mol. The second kappa shape index (κ2) is 2.97. The van der Waals surface area contributed by atoms with Crippen LogP contribution in [0, 0.1) is 0 Å². The third-order valence-corrected chi connectivity index (χ3v) is 3.83. The van der Waals surface area contributed by atoms with E-state index < -0.39 is 10.0 Å². The van der Waals surface area contributed by atoms with Crippen molar-refractivity contribution in [1.82, 2.24) is 4.72 Å². The second-order valence-electron chi connectivity index (χ2n) is 3.38. The van der Waals surface area contributed by atoms with E-state index in [9.17, 15) is 8.42 Å². The summed E-state index contributed by atoms with van der Waals surface area (Å²) >= 11 is 0. The van der Waals surface area contributed by atoms with E-state index in [1.807, 2.05) is 0 Å². The topological polar surface area (TPSA) is 55.4 Å². The van der Waals surface area contributed by atoms with Crippen molar-refractivity contribution < 1.29 is 13.2 Å². The smallest absolute Gasteiger partial charge is 0.214 e. The van der Waals surface area contributed by atoms with Crippen molar-refractivity contribution in [2.45, 2.75) is 31.4 Å². The van der Waals surface area contributed by atoms with E-state index in [2.05, 4.69) is 4.72 Å². The molecule has 2 rings (SSSR count). The molecule has 0 radical (unpaired) electrons. The van der Waals surface area contributed by atoms with Gasteiger partial charge in [0.15, 0.2) is 0 Å². The van der Waals surface area contributed by atoms with Gasteiger partial charge in [0.1, 0.15) is 0 Å². The van der Waals surface area contributed by atoms with Gasteiger partial charge in [-0.3, -0.25) is 0 Å². The van der Waals surface area contributed by atoms with E-state index >= 15 is 0 Å². The maximum atomic E-state index is 11.2. The van der Waals surface area contributed by atoms with Gasteiger partial charge >= 0.3 is 0 Å². The molecule has 2 atom stereocenters. The molecule has 12 heavy (non-hydrogen) atoms. The van der Waals surface area contributed by atoms with Crippen molar-refractivity contribution in [3.8, 4) is 0 Å². The molecule has 0 aromatic carbocycles. The van der Waals surface area contributed by atoms with Crippen molar-refractivity contribution in [2.75, 3.05) is 12.4 Å². The lowest BCUT2D eigenvalue weighted by molar-refractivity contribution is 0.0605. The Hall–Kier alpha value is -0.130. The summed E-state index contributed by atoms with van der Waals surface area (Å²) in [5.41, 5.74) is 0. The summed E-state index contributed by atoms with van der Waals surface area (Å²) in [6.07, 6.45) is 3.11. The van der Waals surface area contributed by atoms with E-state index in [1.54, 1.807) is 0 Å². The van der Waals surface area contributed by atoms with Gasteiger partial charge in [-0.1, -0.05) is 0 Å². The molecule has 0 aromatic heterocycles. The Morgan fingerprint density at radius 3 is 3.00 bits per heavy atom. The molecule has 4 nitrogen and oxygen atoms in total. The molecule has 1 heterocycles. The minimum atomic E-state index is -3.05. The molecule has 1 aliphatic heterocycles. The molecular weight excluding hydrogens is 178 g/mol. The molecule has 1 saturated carbocycles. The fourth-order valence-electron chi connectivity index (χ4n) is 1.86. The number of nitrogens with one attached hydrogen (secondary N) is 1. The van der Waals surface area contributed by atoms with Gasteiger partial charge in [-0.25, -0.2) is 13.1 Å². The number of hydrogen-bond acceptors (Lipinski definition) is 3. The van der Waals surface area contributed by atoms with Crippen LogP contribution in [0.3, 0.4) is 0 Å². The summed E-state index contributed by atoms with van der Waals surface area (Å²) in [5, 5.41) is 0. The maximum Gasteiger partial charge on any atom is 0.214 e. The molecule has 1 aliphatic carbocycles. The van der Waals surface area contributed by atoms with Gasteiger partial charge in [-0.15, -0.1) is 0 Å². The van der Waals surface area contributed by atoms with Crippen LogP contribution in [0.2, 0.25) is 0 Å².